The normalized spacial score (nSPS) is 15.0. The Morgan fingerprint density at radius 3 is 2.53 bits per heavy atom. The molecule has 1 N–H and O–H groups in total. The van der Waals surface area contributed by atoms with Crippen LogP contribution in [0.4, 0.5) is 0 Å². The van der Waals surface area contributed by atoms with Crippen molar-refractivity contribution in [3.63, 3.8) is 0 Å². The predicted octanol–water partition coefficient (Wildman–Crippen LogP) is 0.617. The van der Waals surface area contributed by atoms with E-state index < -0.39 is 11.6 Å². The van der Waals surface area contributed by atoms with E-state index in [0.29, 0.717) is 0 Å². The van der Waals surface area contributed by atoms with Crippen molar-refractivity contribution in [1.29, 1.82) is 0 Å². The third-order valence-corrected chi connectivity index (χ3v) is 2.52. The summed E-state index contributed by atoms with van der Waals surface area (Å²) in [6.45, 7) is 7.05. The van der Waals surface area contributed by atoms with Crippen LogP contribution in [0.15, 0.2) is 12.7 Å². The highest BCUT2D eigenvalue weighted by Gasteiger charge is 2.42. The molecule has 1 rings (SSSR count). The highest BCUT2D eigenvalue weighted by Crippen LogP contribution is 2.21. The molecule has 1 atom stereocenters. The quantitative estimate of drug-likeness (QED) is 0.764. The number of carbonyl (C=O) groups is 1. The van der Waals surface area contributed by atoms with Crippen molar-refractivity contribution < 1.29 is 14.6 Å². The zero-order valence-electron chi connectivity index (χ0n) is 10.6. The second kappa shape index (κ2) is 5.27. The maximum absolute atomic E-state index is 11.9. The summed E-state index contributed by atoms with van der Waals surface area (Å²) in [5.41, 5.74) is -1.59. The fourth-order valence-corrected chi connectivity index (χ4v) is 1.36. The van der Waals surface area contributed by atoms with Crippen LogP contribution in [0.2, 0.25) is 0 Å². The number of ether oxygens (including phenoxy) is 1. The minimum absolute atomic E-state index is 0.0379. The van der Waals surface area contributed by atoms with Gasteiger partial charge in [-0.05, 0) is 19.8 Å². The number of rotatable bonds is 5. The highest BCUT2D eigenvalue weighted by molar-refractivity contribution is 5.79. The van der Waals surface area contributed by atoms with Gasteiger partial charge < -0.3 is 9.84 Å². The third-order valence-electron chi connectivity index (χ3n) is 2.52. The molecular weight excluding hydrogens is 222 g/mol. The van der Waals surface area contributed by atoms with Crippen molar-refractivity contribution in [3.05, 3.63) is 12.7 Å². The first-order chi connectivity index (χ1) is 7.86. The van der Waals surface area contributed by atoms with Gasteiger partial charge >= 0.3 is 5.97 Å². The number of nitrogens with zero attached hydrogens (tertiary/aromatic N) is 3. The smallest absolute Gasteiger partial charge is 0.340 e. The van der Waals surface area contributed by atoms with Crippen LogP contribution in [0.25, 0.3) is 0 Å². The summed E-state index contributed by atoms with van der Waals surface area (Å²) in [5, 5.41) is 14.3. The maximum Gasteiger partial charge on any atom is 0.340 e. The van der Waals surface area contributed by atoms with E-state index in [-0.39, 0.29) is 18.6 Å². The summed E-state index contributed by atoms with van der Waals surface area (Å²) in [6.07, 6.45) is 2.55. The molecule has 0 aliphatic carbocycles. The molecule has 0 bridgehead atoms. The van der Waals surface area contributed by atoms with E-state index >= 15 is 0 Å². The molecular formula is C11H19N3O3. The van der Waals surface area contributed by atoms with Gasteiger partial charge in [-0.1, -0.05) is 13.8 Å². The molecule has 0 saturated heterocycles. The monoisotopic (exact) mass is 241 g/mol. The molecule has 0 aliphatic heterocycles. The van der Waals surface area contributed by atoms with Crippen LogP contribution in [0.3, 0.4) is 0 Å². The Labute approximate surface area is 101 Å². The fourth-order valence-electron chi connectivity index (χ4n) is 1.36. The third kappa shape index (κ3) is 3.26. The van der Waals surface area contributed by atoms with Gasteiger partial charge in [-0.3, -0.25) is 0 Å². The largest absolute Gasteiger partial charge is 0.461 e. The van der Waals surface area contributed by atoms with Crippen LogP contribution in [-0.4, -0.2) is 37.5 Å². The molecule has 0 spiro atoms. The summed E-state index contributed by atoms with van der Waals surface area (Å²) < 4.78 is 6.49. The van der Waals surface area contributed by atoms with Crippen molar-refractivity contribution in [2.75, 3.05) is 0 Å². The van der Waals surface area contributed by atoms with Gasteiger partial charge in [-0.15, -0.1) is 0 Å². The van der Waals surface area contributed by atoms with Crippen molar-refractivity contribution in [1.82, 2.24) is 14.8 Å². The van der Waals surface area contributed by atoms with Gasteiger partial charge in [0.05, 0.1) is 12.6 Å². The molecule has 1 aromatic heterocycles. The first-order valence-corrected chi connectivity index (χ1v) is 5.62. The minimum atomic E-state index is -1.59. The molecule has 1 aromatic rings. The number of aromatic nitrogens is 3. The molecule has 1 heterocycles. The highest BCUT2D eigenvalue weighted by atomic mass is 16.6. The molecule has 0 aliphatic rings. The summed E-state index contributed by atoms with van der Waals surface area (Å²) >= 11 is 0. The lowest BCUT2D eigenvalue weighted by molar-refractivity contribution is -0.176. The van der Waals surface area contributed by atoms with Crippen molar-refractivity contribution in [2.24, 2.45) is 5.92 Å². The van der Waals surface area contributed by atoms with Crippen molar-refractivity contribution in [2.45, 2.75) is 45.9 Å². The van der Waals surface area contributed by atoms with E-state index in [0.717, 1.165) is 0 Å². The molecule has 0 aromatic carbocycles. The van der Waals surface area contributed by atoms with E-state index in [1.165, 1.54) is 17.3 Å². The van der Waals surface area contributed by atoms with Crippen molar-refractivity contribution >= 4 is 5.97 Å². The lowest BCUT2D eigenvalue weighted by Gasteiger charge is -2.30. The Morgan fingerprint density at radius 2 is 2.12 bits per heavy atom. The average Bonchev–Trinajstić information content (AvgIpc) is 2.68. The minimum Gasteiger partial charge on any atom is -0.461 e. The first-order valence-electron chi connectivity index (χ1n) is 5.62. The summed E-state index contributed by atoms with van der Waals surface area (Å²) in [7, 11) is 0. The summed E-state index contributed by atoms with van der Waals surface area (Å²) in [6, 6.07) is 0. The van der Waals surface area contributed by atoms with Gasteiger partial charge in [0, 0.05) is 0 Å². The van der Waals surface area contributed by atoms with E-state index in [1.807, 2.05) is 0 Å². The summed E-state index contributed by atoms with van der Waals surface area (Å²) in [5.74, 6) is -0.907. The molecule has 6 heteroatoms. The number of carbonyl (C=O) groups excluding carboxylic acids is 1. The standard InChI is InChI=1S/C11H19N3O3/c1-8(2)11(16,10(15)17-9(3)4)5-14-7-12-6-13-14/h6-9,16H,5H2,1-4H3/t11-/m0/s1. The Hall–Kier alpha value is -1.43. The van der Waals surface area contributed by atoms with Gasteiger partial charge in [0.25, 0.3) is 0 Å². The molecule has 17 heavy (non-hydrogen) atoms. The van der Waals surface area contributed by atoms with Crippen LogP contribution in [0, 0.1) is 5.92 Å². The lowest BCUT2D eigenvalue weighted by Crippen LogP contribution is -2.49. The van der Waals surface area contributed by atoms with E-state index in [1.54, 1.807) is 27.7 Å². The topological polar surface area (TPSA) is 77.2 Å². The maximum atomic E-state index is 11.9. The van der Waals surface area contributed by atoms with Gasteiger partial charge in [0.15, 0.2) is 5.60 Å². The van der Waals surface area contributed by atoms with Crippen LogP contribution in [0.1, 0.15) is 27.7 Å². The number of hydrogen-bond acceptors (Lipinski definition) is 5. The number of aliphatic hydroxyl groups is 1. The zero-order valence-corrected chi connectivity index (χ0v) is 10.6. The van der Waals surface area contributed by atoms with Crippen molar-refractivity contribution in [3.8, 4) is 0 Å². The van der Waals surface area contributed by atoms with E-state index in [2.05, 4.69) is 10.1 Å². The van der Waals surface area contributed by atoms with Gasteiger partial charge in [0.1, 0.15) is 12.7 Å². The molecule has 6 nitrogen and oxygen atoms in total. The molecule has 0 fully saturated rings. The van der Waals surface area contributed by atoms with E-state index in [4.69, 9.17) is 4.74 Å². The zero-order chi connectivity index (χ0) is 13.1. The second-order valence-corrected chi connectivity index (χ2v) is 4.63. The van der Waals surface area contributed by atoms with Crippen LogP contribution in [0.5, 0.6) is 0 Å². The van der Waals surface area contributed by atoms with Gasteiger partial charge in [0.2, 0.25) is 0 Å². The Bertz CT molecular complexity index is 362. The van der Waals surface area contributed by atoms with E-state index in [9.17, 15) is 9.90 Å². The fraction of sp³-hybridized carbons (Fsp3) is 0.727. The number of esters is 1. The number of hydrogen-bond donors (Lipinski definition) is 1. The molecule has 0 radical (unpaired) electrons. The lowest BCUT2D eigenvalue weighted by atomic mass is 9.90. The predicted molar refractivity (Wildman–Crippen MR) is 61.0 cm³/mol. The van der Waals surface area contributed by atoms with Crippen LogP contribution < -0.4 is 0 Å². The SMILES string of the molecule is CC(C)OC(=O)[C@](O)(Cn1cncn1)C(C)C. The molecule has 0 saturated carbocycles. The van der Waals surface area contributed by atoms with Crippen LogP contribution in [-0.2, 0) is 16.1 Å². The Kier molecular flexibility index (Phi) is 4.22. The second-order valence-electron chi connectivity index (χ2n) is 4.63. The molecule has 0 unspecified atom stereocenters. The first kappa shape index (κ1) is 13.6. The van der Waals surface area contributed by atoms with Gasteiger partial charge in [-0.2, -0.15) is 5.10 Å². The Morgan fingerprint density at radius 1 is 1.47 bits per heavy atom. The molecule has 96 valence electrons. The summed E-state index contributed by atoms with van der Waals surface area (Å²) in [4.78, 5) is 15.7. The molecule has 0 amide bonds. The Balaban J connectivity index is 2.85. The average molecular weight is 241 g/mol. The van der Waals surface area contributed by atoms with Crippen LogP contribution >= 0.6 is 0 Å². The van der Waals surface area contributed by atoms with Gasteiger partial charge in [-0.25, -0.2) is 14.5 Å².